The molecule has 0 unspecified atom stereocenters. The molecule has 2 rings (SSSR count). The Kier molecular flexibility index (Phi) is 4.72. The number of hydrogen-bond donors (Lipinski definition) is 1. The van der Waals surface area contributed by atoms with Gasteiger partial charge in [-0.2, -0.15) is 4.37 Å². The van der Waals surface area contributed by atoms with Gasteiger partial charge in [0.25, 0.3) is 0 Å². The van der Waals surface area contributed by atoms with E-state index in [1.165, 1.54) is 21.6 Å². The lowest BCUT2D eigenvalue weighted by molar-refractivity contribution is 0.555. The molecule has 2 nitrogen and oxygen atoms in total. The molecule has 19 heavy (non-hydrogen) atoms. The van der Waals surface area contributed by atoms with Gasteiger partial charge in [-0.15, -0.1) is 0 Å². The normalized spacial score (nSPS) is 11.2. The third-order valence-corrected chi connectivity index (χ3v) is 3.71. The molecule has 0 saturated heterocycles. The third-order valence-electron chi connectivity index (χ3n) is 2.93. The summed E-state index contributed by atoms with van der Waals surface area (Å²) in [4.78, 5) is 1.30. The molecule has 0 aliphatic heterocycles. The van der Waals surface area contributed by atoms with Crippen molar-refractivity contribution in [2.24, 2.45) is 5.92 Å². The van der Waals surface area contributed by atoms with Gasteiger partial charge in [-0.25, -0.2) is 0 Å². The summed E-state index contributed by atoms with van der Waals surface area (Å²) < 4.78 is 4.57. The van der Waals surface area contributed by atoms with Gasteiger partial charge in [-0.3, -0.25) is 0 Å². The molecule has 0 atom stereocenters. The molecule has 0 amide bonds. The summed E-state index contributed by atoms with van der Waals surface area (Å²) in [7, 11) is 0. The molecule has 1 heterocycles. The van der Waals surface area contributed by atoms with Crippen LogP contribution in [0.3, 0.4) is 0 Å². The van der Waals surface area contributed by atoms with Crippen molar-refractivity contribution in [3.63, 3.8) is 0 Å². The van der Waals surface area contributed by atoms with Crippen LogP contribution in [0, 0.1) is 19.8 Å². The van der Waals surface area contributed by atoms with Crippen LogP contribution in [0.15, 0.2) is 24.3 Å². The highest BCUT2D eigenvalue weighted by molar-refractivity contribution is 7.06. The average molecular weight is 274 g/mol. The molecule has 1 N–H and O–H groups in total. The summed E-state index contributed by atoms with van der Waals surface area (Å²) in [5.41, 5.74) is 4.91. The highest BCUT2D eigenvalue weighted by Crippen LogP contribution is 2.24. The van der Waals surface area contributed by atoms with Gasteiger partial charge in [0.2, 0.25) is 0 Å². The standard InChI is InChI=1S/C16H22N2S/c1-11(2)9-17-10-15-8-16(18-19-15)14-6-12(3)5-13(4)7-14/h5-8,11,17H,9-10H2,1-4H3. The summed E-state index contributed by atoms with van der Waals surface area (Å²) in [6, 6.07) is 8.80. The molecule has 0 bridgehead atoms. The molecule has 1 aromatic heterocycles. The van der Waals surface area contributed by atoms with Crippen LogP contribution < -0.4 is 5.32 Å². The second kappa shape index (κ2) is 6.31. The highest BCUT2D eigenvalue weighted by Gasteiger charge is 2.06. The van der Waals surface area contributed by atoms with Gasteiger partial charge in [0.1, 0.15) is 0 Å². The molecule has 3 heteroatoms. The van der Waals surface area contributed by atoms with Crippen LogP contribution >= 0.6 is 11.5 Å². The van der Waals surface area contributed by atoms with Gasteiger partial charge in [0.15, 0.2) is 0 Å². The van der Waals surface area contributed by atoms with Gasteiger partial charge >= 0.3 is 0 Å². The van der Waals surface area contributed by atoms with Gasteiger partial charge in [-0.1, -0.05) is 31.0 Å². The van der Waals surface area contributed by atoms with E-state index in [1.54, 1.807) is 11.5 Å². The second-order valence-electron chi connectivity index (χ2n) is 5.58. The summed E-state index contributed by atoms with van der Waals surface area (Å²) in [5, 5.41) is 3.46. The minimum atomic E-state index is 0.687. The zero-order chi connectivity index (χ0) is 13.8. The molecule has 102 valence electrons. The maximum atomic E-state index is 4.57. The Morgan fingerprint density at radius 2 is 1.79 bits per heavy atom. The predicted molar refractivity (Wildman–Crippen MR) is 83.6 cm³/mol. The fraction of sp³-hybridized carbons (Fsp3) is 0.438. The smallest absolute Gasteiger partial charge is 0.0844 e. The average Bonchev–Trinajstić information content (AvgIpc) is 2.76. The van der Waals surface area contributed by atoms with Crippen LogP contribution in [0.25, 0.3) is 11.3 Å². The fourth-order valence-electron chi connectivity index (χ4n) is 2.14. The van der Waals surface area contributed by atoms with E-state index in [-0.39, 0.29) is 0 Å². The maximum Gasteiger partial charge on any atom is 0.0844 e. The number of rotatable bonds is 5. The Morgan fingerprint density at radius 3 is 2.42 bits per heavy atom. The van der Waals surface area contributed by atoms with Crippen molar-refractivity contribution in [1.29, 1.82) is 0 Å². The first-order chi connectivity index (χ1) is 9.04. The van der Waals surface area contributed by atoms with Gasteiger partial charge in [0.05, 0.1) is 5.69 Å². The number of benzene rings is 1. The number of aromatic nitrogens is 1. The summed E-state index contributed by atoms with van der Waals surface area (Å²) in [5.74, 6) is 0.687. The van der Waals surface area contributed by atoms with Crippen molar-refractivity contribution in [1.82, 2.24) is 9.69 Å². The molecular formula is C16H22N2S. The first-order valence-corrected chi connectivity index (χ1v) is 7.57. The molecule has 0 aliphatic carbocycles. The monoisotopic (exact) mass is 274 g/mol. The van der Waals surface area contributed by atoms with Crippen LogP contribution in [0.5, 0.6) is 0 Å². The van der Waals surface area contributed by atoms with E-state index < -0.39 is 0 Å². The van der Waals surface area contributed by atoms with Gasteiger partial charge in [0, 0.05) is 17.0 Å². The van der Waals surface area contributed by atoms with Crippen LogP contribution in [-0.2, 0) is 6.54 Å². The summed E-state index contributed by atoms with van der Waals surface area (Å²) in [6.45, 7) is 10.7. The Bertz CT molecular complexity index is 523. The van der Waals surface area contributed by atoms with Crippen molar-refractivity contribution in [3.05, 3.63) is 40.3 Å². The van der Waals surface area contributed by atoms with Crippen molar-refractivity contribution < 1.29 is 0 Å². The second-order valence-corrected chi connectivity index (χ2v) is 6.47. The SMILES string of the molecule is Cc1cc(C)cc(-c2cc(CNCC(C)C)sn2)c1. The minimum Gasteiger partial charge on any atom is -0.312 e. The Morgan fingerprint density at radius 1 is 1.11 bits per heavy atom. The van der Waals surface area contributed by atoms with E-state index in [9.17, 15) is 0 Å². The molecule has 0 radical (unpaired) electrons. The van der Waals surface area contributed by atoms with Crippen LogP contribution in [-0.4, -0.2) is 10.9 Å². The van der Waals surface area contributed by atoms with E-state index in [1.807, 2.05) is 0 Å². The number of hydrogen-bond acceptors (Lipinski definition) is 3. The lowest BCUT2D eigenvalue weighted by Crippen LogP contribution is -2.18. The number of nitrogens with zero attached hydrogens (tertiary/aromatic N) is 1. The predicted octanol–water partition coefficient (Wildman–Crippen LogP) is 4.17. The van der Waals surface area contributed by atoms with Gasteiger partial charge < -0.3 is 5.32 Å². The molecule has 0 fully saturated rings. The van der Waals surface area contributed by atoms with Crippen molar-refractivity contribution in [2.75, 3.05) is 6.54 Å². The first kappa shape index (κ1) is 14.2. The zero-order valence-corrected chi connectivity index (χ0v) is 13.0. The van der Waals surface area contributed by atoms with Gasteiger partial charge in [-0.05, 0) is 56.0 Å². The Hall–Kier alpha value is -1.19. The molecule has 2 aromatic rings. The largest absolute Gasteiger partial charge is 0.312 e. The van der Waals surface area contributed by atoms with E-state index in [0.29, 0.717) is 5.92 Å². The molecule has 1 aromatic carbocycles. The Labute approximate surface area is 120 Å². The van der Waals surface area contributed by atoms with Crippen molar-refractivity contribution in [3.8, 4) is 11.3 Å². The van der Waals surface area contributed by atoms with Crippen LogP contribution in [0.4, 0.5) is 0 Å². The zero-order valence-electron chi connectivity index (χ0n) is 12.2. The Balaban J connectivity index is 2.07. The van der Waals surface area contributed by atoms with E-state index >= 15 is 0 Å². The number of aryl methyl sites for hydroxylation is 2. The molecular weight excluding hydrogens is 252 g/mol. The van der Waals surface area contributed by atoms with E-state index in [2.05, 4.69) is 61.7 Å². The quantitative estimate of drug-likeness (QED) is 0.885. The first-order valence-electron chi connectivity index (χ1n) is 6.79. The lowest BCUT2D eigenvalue weighted by atomic mass is 10.1. The minimum absolute atomic E-state index is 0.687. The maximum absolute atomic E-state index is 4.57. The topological polar surface area (TPSA) is 24.9 Å². The molecule has 0 aliphatic rings. The third kappa shape index (κ3) is 4.15. The van der Waals surface area contributed by atoms with Crippen LogP contribution in [0.2, 0.25) is 0 Å². The van der Waals surface area contributed by atoms with Crippen molar-refractivity contribution in [2.45, 2.75) is 34.2 Å². The summed E-state index contributed by atoms with van der Waals surface area (Å²) in [6.07, 6.45) is 0. The van der Waals surface area contributed by atoms with E-state index in [4.69, 9.17) is 0 Å². The summed E-state index contributed by atoms with van der Waals surface area (Å²) >= 11 is 1.60. The highest BCUT2D eigenvalue weighted by atomic mass is 32.1. The van der Waals surface area contributed by atoms with Crippen molar-refractivity contribution >= 4 is 11.5 Å². The molecule has 0 spiro atoms. The van der Waals surface area contributed by atoms with E-state index in [0.717, 1.165) is 18.8 Å². The molecule has 0 saturated carbocycles. The number of nitrogens with one attached hydrogen (secondary N) is 1. The van der Waals surface area contributed by atoms with Crippen LogP contribution in [0.1, 0.15) is 29.9 Å². The fourth-order valence-corrected chi connectivity index (χ4v) is 2.84. The lowest BCUT2D eigenvalue weighted by Gasteiger charge is -2.04.